The molecule has 1 aromatic rings. The molecule has 1 fully saturated rings. The largest absolute Gasteiger partial charge is 0.381 e. The number of anilines is 1. The fraction of sp³-hybridized carbons (Fsp3) is 0.462. The van der Waals surface area contributed by atoms with Crippen LogP contribution in [0.1, 0.15) is 24.8 Å². The van der Waals surface area contributed by atoms with Crippen molar-refractivity contribution < 1.29 is 9.13 Å². The fourth-order valence-electron chi connectivity index (χ4n) is 1.96. The van der Waals surface area contributed by atoms with Gasteiger partial charge in [0.25, 0.3) is 0 Å². The van der Waals surface area contributed by atoms with E-state index in [9.17, 15) is 4.39 Å². The molecule has 2 rings (SSSR count). The van der Waals surface area contributed by atoms with Gasteiger partial charge in [0.15, 0.2) is 0 Å². The molecular formula is C13H15FN2O. The Morgan fingerprint density at radius 3 is 3.06 bits per heavy atom. The summed E-state index contributed by atoms with van der Waals surface area (Å²) < 4.78 is 18.5. The number of rotatable bonds is 3. The van der Waals surface area contributed by atoms with Crippen LogP contribution >= 0.6 is 0 Å². The molecule has 1 atom stereocenters. The van der Waals surface area contributed by atoms with Crippen LogP contribution in [0.25, 0.3) is 0 Å². The second-order valence-corrected chi connectivity index (χ2v) is 4.17. The van der Waals surface area contributed by atoms with Gasteiger partial charge in [0.05, 0.1) is 17.4 Å². The highest BCUT2D eigenvalue weighted by atomic mass is 19.1. The van der Waals surface area contributed by atoms with Gasteiger partial charge in [-0.1, -0.05) is 0 Å². The molecule has 1 unspecified atom stereocenters. The average Bonchev–Trinajstić information content (AvgIpc) is 2.38. The van der Waals surface area contributed by atoms with Crippen molar-refractivity contribution in [2.24, 2.45) is 0 Å². The second kappa shape index (κ2) is 5.65. The van der Waals surface area contributed by atoms with Crippen LogP contribution < -0.4 is 5.32 Å². The van der Waals surface area contributed by atoms with E-state index in [0.29, 0.717) is 17.8 Å². The summed E-state index contributed by atoms with van der Waals surface area (Å²) in [5.74, 6) is -0.388. The van der Waals surface area contributed by atoms with Crippen molar-refractivity contribution in [3.63, 3.8) is 0 Å². The highest BCUT2D eigenvalue weighted by Gasteiger charge is 2.14. The molecule has 1 N–H and O–H groups in total. The highest BCUT2D eigenvalue weighted by Crippen LogP contribution is 2.18. The molecule has 1 heterocycles. The zero-order chi connectivity index (χ0) is 12.1. The molecule has 1 aromatic carbocycles. The number of hydrogen-bond acceptors (Lipinski definition) is 3. The number of hydrogen-bond donors (Lipinski definition) is 1. The first-order valence-corrected chi connectivity index (χ1v) is 5.85. The summed E-state index contributed by atoms with van der Waals surface area (Å²) in [6.45, 7) is 1.47. The van der Waals surface area contributed by atoms with Crippen molar-refractivity contribution >= 4 is 5.69 Å². The number of nitrogens with zero attached hydrogens (tertiary/aromatic N) is 1. The van der Waals surface area contributed by atoms with Gasteiger partial charge in [-0.2, -0.15) is 5.26 Å². The molecule has 0 aromatic heterocycles. The molecular weight excluding hydrogens is 219 g/mol. The molecule has 0 aliphatic carbocycles. The number of benzene rings is 1. The van der Waals surface area contributed by atoms with Crippen LogP contribution in [-0.2, 0) is 4.74 Å². The first-order valence-electron chi connectivity index (χ1n) is 5.85. The van der Waals surface area contributed by atoms with Crippen LogP contribution in [0, 0.1) is 17.1 Å². The lowest BCUT2D eigenvalue weighted by atomic mass is 10.1. The highest BCUT2D eigenvalue weighted by molar-refractivity contribution is 5.57. The Morgan fingerprint density at radius 2 is 2.35 bits per heavy atom. The maximum atomic E-state index is 12.9. The van der Waals surface area contributed by atoms with Gasteiger partial charge < -0.3 is 10.1 Å². The maximum absolute atomic E-state index is 12.9. The average molecular weight is 234 g/mol. The molecule has 1 saturated heterocycles. The summed E-state index contributed by atoms with van der Waals surface area (Å²) in [6, 6.07) is 6.17. The van der Waals surface area contributed by atoms with Gasteiger partial charge in [-0.25, -0.2) is 4.39 Å². The minimum Gasteiger partial charge on any atom is -0.381 e. The molecule has 0 spiro atoms. The van der Waals surface area contributed by atoms with E-state index in [2.05, 4.69) is 5.32 Å². The van der Waals surface area contributed by atoms with E-state index in [1.54, 1.807) is 6.07 Å². The van der Waals surface area contributed by atoms with Gasteiger partial charge in [0.1, 0.15) is 11.9 Å². The van der Waals surface area contributed by atoms with Crippen molar-refractivity contribution in [1.82, 2.24) is 0 Å². The van der Waals surface area contributed by atoms with Crippen molar-refractivity contribution in [3.8, 4) is 6.07 Å². The Hall–Kier alpha value is -1.60. The zero-order valence-corrected chi connectivity index (χ0v) is 9.58. The molecule has 4 heteroatoms. The Bertz CT molecular complexity index is 422. The minimum atomic E-state index is -0.388. The molecule has 0 saturated carbocycles. The first-order chi connectivity index (χ1) is 8.29. The minimum absolute atomic E-state index is 0.195. The molecule has 1 aliphatic heterocycles. The van der Waals surface area contributed by atoms with E-state index in [-0.39, 0.29) is 11.9 Å². The second-order valence-electron chi connectivity index (χ2n) is 4.17. The van der Waals surface area contributed by atoms with E-state index < -0.39 is 0 Å². The van der Waals surface area contributed by atoms with Crippen molar-refractivity contribution in [1.29, 1.82) is 5.26 Å². The molecule has 1 aliphatic rings. The van der Waals surface area contributed by atoms with Crippen molar-refractivity contribution in [2.45, 2.75) is 25.4 Å². The number of halogens is 1. The van der Waals surface area contributed by atoms with Crippen LogP contribution in [0.5, 0.6) is 0 Å². The van der Waals surface area contributed by atoms with Gasteiger partial charge in [-0.05, 0) is 37.5 Å². The van der Waals surface area contributed by atoms with Crippen LogP contribution in [0.15, 0.2) is 18.2 Å². The van der Waals surface area contributed by atoms with E-state index >= 15 is 0 Å². The molecule has 17 heavy (non-hydrogen) atoms. The smallest absolute Gasteiger partial charge is 0.124 e. The van der Waals surface area contributed by atoms with Crippen LogP contribution in [0.2, 0.25) is 0 Å². The SMILES string of the molecule is N#Cc1cc(F)ccc1NCC1CCCCO1. The predicted molar refractivity (Wildman–Crippen MR) is 63.2 cm³/mol. The summed E-state index contributed by atoms with van der Waals surface area (Å²) in [7, 11) is 0. The topological polar surface area (TPSA) is 45.0 Å². The molecule has 3 nitrogen and oxygen atoms in total. The lowest BCUT2D eigenvalue weighted by molar-refractivity contribution is 0.0247. The lowest BCUT2D eigenvalue weighted by Crippen LogP contribution is -2.27. The molecule has 0 amide bonds. The third-order valence-corrected chi connectivity index (χ3v) is 2.90. The number of ether oxygens (including phenoxy) is 1. The van der Waals surface area contributed by atoms with Gasteiger partial charge in [-0.3, -0.25) is 0 Å². The predicted octanol–water partition coefficient (Wildman–Crippen LogP) is 2.68. The Kier molecular flexibility index (Phi) is 3.94. The van der Waals surface area contributed by atoms with Gasteiger partial charge in [0, 0.05) is 13.2 Å². The van der Waals surface area contributed by atoms with Crippen LogP contribution in [-0.4, -0.2) is 19.3 Å². The monoisotopic (exact) mass is 234 g/mol. The van der Waals surface area contributed by atoms with Crippen molar-refractivity contribution in [2.75, 3.05) is 18.5 Å². The zero-order valence-electron chi connectivity index (χ0n) is 9.58. The van der Waals surface area contributed by atoms with Gasteiger partial charge in [-0.15, -0.1) is 0 Å². The fourth-order valence-corrected chi connectivity index (χ4v) is 1.96. The number of nitriles is 1. The maximum Gasteiger partial charge on any atom is 0.124 e. The summed E-state index contributed by atoms with van der Waals surface area (Å²) >= 11 is 0. The third-order valence-electron chi connectivity index (χ3n) is 2.90. The van der Waals surface area contributed by atoms with E-state index in [1.165, 1.54) is 18.6 Å². The van der Waals surface area contributed by atoms with E-state index in [0.717, 1.165) is 19.4 Å². The summed E-state index contributed by atoms with van der Waals surface area (Å²) in [5, 5.41) is 12.0. The van der Waals surface area contributed by atoms with E-state index in [1.807, 2.05) is 6.07 Å². The van der Waals surface area contributed by atoms with Crippen molar-refractivity contribution in [3.05, 3.63) is 29.6 Å². The normalized spacial score (nSPS) is 19.6. The summed E-state index contributed by atoms with van der Waals surface area (Å²) in [5.41, 5.74) is 1.00. The van der Waals surface area contributed by atoms with Crippen LogP contribution in [0.3, 0.4) is 0 Å². The third kappa shape index (κ3) is 3.18. The summed E-state index contributed by atoms with van der Waals surface area (Å²) in [6.07, 6.45) is 3.54. The summed E-state index contributed by atoms with van der Waals surface area (Å²) in [4.78, 5) is 0. The quantitative estimate of drug-likeness (QED) is 0.874. The number of nitrogens with one attached hydrogen (secondary N) is 1. The Balaban J connectivity index is 1.96. The van der Waals surface area contributed by atoms with Gasteiger partial charge >= 0.3 is 0 Å². The standard InChI is InChI=1S/C13H15FN2O/c14-11-4-5-13(10(7-11)8-15)16-9-12-3-1-2-6-17-12/h4-5,7,12,16H,1-3,6,9H2. The molecule has 0 radical (unpaired) electrons. The van der Waals surface area contributed by atoms with E-state index in [4.69, 9.17) is 10.00 Å². The first kappa shape index (κ1) is 11.9. The van der Waals surface area contributed by atoms with Gasteiger partial charge in [0.2, 0.25) is 0 Å². The Morgan fingerprint density at radius 1 is 1.47 bits per heavy atom. The van der Waals surface area contributed by atoms with Crippen LogP contribution in [0.4, 0.5) is 10.1 Å². The molecule has 0 bridgehead atoms. The lowest BCUT2D eigenvalue weighted by Gasteiger charge is -2.23. The molecule has 90 valence electrons. The Labute approximate surface area is 100 Å².